The molecule has 0 aliphatic carbocycles. The minimum absolute atomic E-state index is 0.118. The fourth-order valence-corrected chi connectivity index (χ4v) is 3.51. The van der Waals surface area contributed by atoms with Gasteiger partial charge in [-0.3, -0.25) is 4.79 Å². The summed E-state index contributed by atoms with van der Waals surface area (Å²) in [6.45, 7) is 0.0717. The lowest BCUT2D eigenvalue weighted by atomic mass is 10.0. The molecule has 146 valence electrons. The topological polar surface area (TPSA) is 82.8 Å². The quantitative estimate of drug-likeness (QED) is 0.699. The number of aliphatic hydroxyl groups is 1. The summed E-state index contributed by atoms with van der Waals surface area (Å²) < 4.78 is 29.3. The van der Waals surface area contributed by atoms with Crippen molar-refractivity contribution >= 4 is 17.4 Å². The Bertz CT molecular complexity index is 1010. The summed E-state index contributed by atoms with van der Waals surface area (Å²) in [6, 6.07) is 7.47. The van der Waals surface area contributed by atoms with E-state index in [9.17, 15) is 13.6 Å². The first-order chi connectivity index (χ1) is 13.6. The Morgan fingerprint density at radius 3 is 3.00 bits per heavy atom. The molecule has 0 saturated carbocycles. The number of aliphatic hydroxyl groups excluding tert-OH is 1. The van der Waals surface area contributed by atoms with Crippen LogP contribution in [0.1, 0.15) is 28.4 Å². The highest BCUT2D eigenvalue weighted by Crippen LogP contribution is 2.37. The monoisotopic (exact) mass is 387 g/mol. The van der Waals surface area contributed by atoms with Crippen molar-refractivity contribution in [3.8, 4) is 0 Å². The van der Waals surface area contributed by atoms with Crippen LogP contribution < -0.4 is 10.2 Å². The van der Waals surface area contributed by atoms with Gasteiger partial charge in [-0.1, -0.05) is 12.1 Å². The number of halogens is 2. The molecule has 2 unspecified atom stereocenters. The summed E-state index contributed by atoms with van der Waals surface area (Å²) in [5, 5.41) is 15.5. The Morgan fingerprint density at radius 2 is 2.21 bits per heavy atom. The smallest absolute Gasteiger partial charge is 0.256 e. The van der Waals surface area contributed by atoms with Gasteiger partial charge in [0.2, 0.25) is 0 Å². The molecule has 2 aromatic heterocycles. The van der Waals surface area contributed by atoms with Gasteiger partial charge in [0.05, 0.1) is 25.4 Å². The standard InChI is InChI=1S/C19H19F2N5O2/c20-13-3-1-2-12(8-13)16-9-14(21)11-25(16)17-4-6-26-18(24-17)15(10-23-26)19(28)22-5-7-27/h1-4,6,8,10,14,16,27H,5,7,9,11H2,(H,22,28). The number of nitrogens with zero attached hydrogens (tertiary/aromatic N) is 4. The summed E-state index contributed by atoms with van der Waals surface area (Å²) >= 11 is 0. The van der Waals surface area contributed by atoms with Crippen molar-refractivity contribution in [1.82, 2.24) is 19.9 Å². The van der Waals surface area contributed by atoms with E-state index >= 15 is 0 Å². The predicted molar refractivity (Wildman–Crippen MR) is 98.4 cm³/mol. The highest BCUT2D eigenvalue weighted by molar-refractivity contribution is 5.99. The van der Waals surface area contributed by atoms with E-state index in [2.05, 4.69) is 15.4 Å². The number of alkyl halides is 1. The van der Waals surface area contributed by atoms with Gasteiger partial charge in [-0.25, -0.2) is 18.3 Å². The zero-order chi connectivity index (χ0) is 19.7. The van der Waals surface area contributed by atoms with Crippen LogP contribution in [-0.2, 0) is 0 Å². The number of fused-ring (bicyclic) bond motifs is 1. The van der Waals surface area contributed by atoms with Crippen LogP contribution in [0, 0.1) is 5.82 Å². The zero-order valence-corrected chi connectivity index (χ0v) is 14.9. The zero-order valence-electron chi connectivity index (χ0n) is 14.9. The number of nitrogens with one attached hydrogen (secondary N) is 1. The summed E-state index contributed by atoms with van der Waals surface area (Å²) in [6.07, 6.45) is 2.21. The number of rotatable bonds is 5. The number of amides is 1. The van der Waals surface area contributed by atoms with Gasteiger partial charge >= 0.3 is 0 Å². The number of hydrogen-bond donors (Lipinski definition) is 2. The van der Waals surface area contributed by atoms with Crippen LogP contribution in [0.15, 0.2) is 42.7 Å². The molecule has 1 fully saturated rings. The molecule has 0 spiro atoms. The largest absolute Gasteiger partial charge is 0.395 e. The lowest BCUT2D eigenvalue weighted by Crippen LogP contribution is -2.27. The summed E-state index contributed by atoms with van der Waals surface area (Å²) in [4.78, 5) is 18.6. The van der Waals surface area contributed by atoms with Crippen molar-refractivity contribution in [2.24, 2.45) is 0 Å². The molecule has 1 aliphatic heterocycles. The molecule has 1 amide bonds. The number of anilines is 1. The van der Waals surface area contributed by atoms with E-state index in [4.69, 9.17) is 5.11 Å². The van der Waals surface area contributed by atoms with Gasteiger partial charge in [0.25, 0.3) is 5.91 Å². The average Bonchev–Trinajstić information content (AvgIpc) is 3.29. The van der Waals surface area contributed by atoms with E-state index in [0.717, 1.165) is 0 Å². The van der Waals surface area contributed by atoms with E-state index in [0.29, 0.717) is 17.0 Å². The summed E-state index contributed by atoms with van der Waals surface area (Å²) in [5.41, 5.74) is 1.26. The van der Waals surface area contributed by atoms with Crippen LogP contribution in [0.5, 0.6) is 0 Å². The summed E-state index contributed by atoms with van der Waals surface area (Å²) in [7, 11) is 0. The van der Waals surface area contributed by atoms with Crippen LogP contribution in [0.4, 0.5) is 14.6 Å². The van der Waals surface area contributed by atoms with Gasteiger partial charge in [-0.05, 0) is 23.8 Å². The van der Waals surface area contributed by atoms with E-state index < -0.39 is 12.1 Å². The number of aromatic nitrogens is 3. The third-order valence-corrected chi connectivity index (χ3v) is 4.77. The Kier molecular flexibility index (Phi) is 4.91. The van der Waals surface area contributed by atoms with Crippen molar-refractivity contribution in [1.29, 1.82) is 0 Å². The molecule has 3 aromatic rings. The third-order valence-electron chi connectivity index (χ3n) is 4.77. The molecular weight excluding hydrogens is 368 g/mol. The molecule has 28 heavy (non-hydrogen) atoms. The lowest BCUT2D eigenvalue weighted by molar-refractivity contribution is 0.0946. The van der Waals surface area contributed by atoms with E-state index in [-0.39, 0.29) is 43.5 Å². The van der Waals surface area contributed by atoms with Gasteiger partial charge < -0.3 is 15.3 Å². The van der Waals surface area contributed by atoms with Gasteiger partial charge in [0.15, 0.2) is 5.65 Å². The maximum atomic E-state index is 14.2. The number of benzene rings is 1. The normalized spacial score (nSPS) is 19.3. The Morgan fingerprint density at radius 1 is 1.36 bits per heavy atom. The van der Waals surface area contributed by atoms with Gasteiger partial charge in [-0.15, -0.1) is 0 Å². The molecule has 9 heteroatoms. The average molecular weight is 387 g/mol. The Hall–Kier alpha value is -3.07. The molecule has 1 aromatic carbocycles. The van der Waals surface area contributed by atoms with Crippen molar-refractivity contribution < 1.29 is 18.7 Å². The maximum absolute atomic E-state index is 14.2. The molecule has 0 radical (unpaired) electrons. The molecule has 7 nitrogen and oxygen atoms in total. The third kappa shape index (κ3) is 3.40. The molecule has 2 N–H and O–H groups in total. The lowest BCUT2D eigenvalue weighted by Gasteiger charge is -2.25. The number of carbonyl (C=O) groups is 1. The molecule has 0 bridgehead atoms. The molecule has 2 atom stereocenters. The molecule has 4 rings (SSSR count). The molecular formula is C19H19F2N5O2. The molecule has 3 heterocycles. The van der Waals surface area contributed by atoms with Crippen LogP contribution in [-0.4, -0.2) is 51.5 Å². The van der Waals surface area contributed by atoms with Crippen molar-refractivity contribution in [3.63, 3.8) is 0 Å². The molecule has 1 saturated heterocycles. The Balaban J connectivity index is 1.70. The number of hydrogen-bond acceptors (Lipinski definition) is 5. The first-order valence-corrected chi connectivity index (χ1v) is 8.96. The Labute approximate surface area is 159 Å². The minimum atomic E-state index is -1.07. The van der Waals surface area contributed by atoms with Crippen LogP contribution in [0.2, 0.25) is 0 Å². The minimum Gasteiger partial charge on any atom is -0.395 e. The second-order valence-corrected chi connectivity index (χ2v) is 6.65. The van der Waals surface area contributed by atoms with E-state index in [1.165, 1.54) is 22.8 Å². The first kappa shape index (κ1) is 18.3. The summed E-state index contributed by atoms with van der Waals surface area (Å²) in [5.74, 6) is -0.291. The van der Waals surface area contributed by atoms with Gasteiger partial charge in [0, 0.05) is 19.2 Å². The first-order valence-electron chi connectivity index (χ1n) is 8.96. The number of carbonyl (C=O) groups excluding carboxylic acids is 1. The fourth-order valence-electron chi connectivity index (χ4n) is 3.51. The second kappa shape index (κ2) is 7.51. The fraction of sp³-hybridized carbons (Fsp3) is 0.316. The van der Waals surface area contributed by atoms with Crippen molar-refractivity contribution in [2.45, 2.75) is 18.6 Å². The van der Waals surface area contributed by atoms with E-state index in [1.807, 2.05) is 0 Å². The molecule has 1 aliphatic rings. The predicted octanol–water partition coefficient (Wildman–Crippen LogP) is 1.88. The highest BCUT2D eigenvalue weighted by Gasteiger charge is 2.34. The van der Waals surface area contributed by atoms with Gasteiger partial charge in [-0.2, -0.15) is 5.10 Å². The SMILES string of the molecule is O=C(NCCO)c1cnn2ccc(N3CC(F)CC3c3cccc(F)c3)nc12. The van der Waals surface area contributed by atoms with Crippen LogP contribution in [0.3, 0.4) is 0 Å². The van der Waals surface area contributed by atoms with Crippen LogP contribution in [0.25, 0.3) is 5.65 Å². The van der Waals surface area contributed by atoms with Crippen molar-refractivity contribution in [2.75, 3.05) is 24.6 Å². The highest BCUT2D eigenvalue weighted by atomic mass is 19.1. The maximum Gasteiger partial charge on any atom is 0.256 e. The van der Waals surface area contributed by atoms with Crippen molar-refractivity contribution in [3.05, 3.63) is 59.7 Å². The van der Waals surface area contributed by atoms with E-state index in [1.54, 1.807) is 29.3 Å². The second-order valence-electron chi connectivity index (χ2n) is 6.65. The van der Waals surface area contributed by atoms with Crippen LogP contribution >= 0.6 is 0 Å². The van der Waals surface area contributed by atoms with Gasteiger partial charge in [0.1, 0.15) is 23.4 Å².